The molecule has 0 spiro atoms. The number of rotatable bonds is 2. The Hall–Kier alpha value is -2.33. The van der Waals surface area contributed by atoms with Gasteiger partial charge in [0.25, 0.3) is 0 Å². The van der Waals surface area contributed by atoms with E-state index in [0.29, 0.717) is 13.1 Å². The lowest BCUT2D eigenvalue weighted by Crippen LogP contribution is -2.56. The maximum absolute atomic E-state index is 12.6. The number of carbonyl (C=O) groups is 1. The lowest BCUT2D eigenvalue weighted by Gasteiger charge is -2.38. The molecule has 0 unspecified atom stereocenters. The molecule has 102 valence electrons. The fourth-order valence-electron chi connectivity index (χ4n) is 2.43. The number of urea groups is 1. The van der Waals surface area contributed by atoms with Gasteiger partial charge in [0.15, 0.2) is 0 Å². The number of hydrogen-bond acceptors (Lipinski definition) is 2. The van der Waals surface area contributed by atoms with Crippen LogP contribution < -0.4 is 9.80 Å². The van der Waals surface area contributed by atoms with Crippen molar-refractivity contribution in [3.05, 3.63) is 60.7 Å². The summed E-state index contributed by atoms with van der Waals surface area (Å²) >= 11 is 0. The van der Waals surface area contributed by atoms with Crippen LogP contribution in [0.1, 0.15) is 0 Å². The molecule has 0 aliphatic carbocycles. The second-order valence-corrected chi connectivity index (χ2v) is 4.83. The van der Waals surface area contributed by atoms with Gasteiger partial charge in [0, 0.05) is 11.4 Å². The first-order chi connectivity index (χ1) is 9.75. The Balaban J connectivity index is 1.92. The van der Waals surface area contributed by atoms with E-state index in [1.54, 1.807) is 9.80 Å². The third-order valence-corrected chi connectivity index (χ3v) is 3.38. The molecule has 0 bridgehead atoms. The molecular formula is C16H16N2O2. The molecule has 4 nitrogen and oxygen atoms in total. The van der Waals surface area contributed by atoms with Crippen molar-refractivity contribution < 1.29 is 9.90 Å². The van der Waals surface area contributed by atoms with Gasteiger partial charge in [0.2, 0.25) is 0 Å². The molecule has 1 saturated heterocycles. The van der Waals surface area contributed by atoms with Gasteiger partial charge in [-0.1, -0.05) is 36.4 Å². The minimum absolute atomic E-state index is 0.104. The van der Waals surface area contributed by atoms with Gasteiger partial charge in [0.1, 0.15) is 0 Å². The zero-order chi connectivity index (χ0) is 13.9. The molecular weight excluding hydrogens is 252 g/mol. The van der Waals surface area contributed by atoms with Gasteiger partial charge >= 0.3 is 6.03 Å². The van der Waals surface area contributed by atoms with Gasteiger partial charge in [-0.05, 0) is 24.3 Å². The van der Waals surface area contributed by atoms with Crippen molar-refractivity contribution in [3.63, 3.8) is 0 Å². The van der Waals surface area contributed by atoms with Crippen molar-refractivity contribution in [1.29, 1.82) is 0 Å². The van der Waals surface area contributed by atoms with Crippen molar-refractivity contribution in [1.82, 2.24) is 0 Å². The number of aliphatic hydroxyl groups excluding tert-OH is 1. The first-order valence-corrected chi connectivity index (χ1v) is 6.63. The lowest BCUT2D eigenvalue weighted by atomic mass is 10.2. The molecule has 1 aliphatic heterocycles. The highest BCUT2D eigenvalue weighted by Crippen LogP contribution is 2.24. The quantitative estimate of drug-likeness (QED) is 0.909. The third-order valence-electron chi connectivity index (χ3n) is 3.38. The van der Waals surface area contributed by atoms with Crippen LogP contribution in [0.25, 0.3) is 0 Å². The molecule has 20 heavy (non-hydrogen) atoms. The highest BCUT2D eigenvalue weighted by molar-refractivity contribution is 6.04. The van der Waals surface area contributed by atoms with Crippen LogP contribution >= 0.6 is 0 Å². The number of amides is 2. The van der Waals surface area contributed by atoms with Crippen LogP contribution in [0.5, 0.6) is 0 Å². The fourth-order valence-corrected chi connectivity index (χ4v) is 2.43. The van der Waals surface area contributed by atoms with E-state index in [9.17, 15) is 9.90 Å². The summed E-state index contributed by atoms with van der Waals surface area (Å²) in [4.78, 5) is 15.8. The first kappa shape index (κ1) is 12.7. The predicted molar refractivity (Wildman–Crippen MR) is 79.0 cm³/mol. The van der Waals surface area contributed by atoms with Crippen LogP contribution in [0.3, 0.4) is 0 Å². The Kier molecular flexibility index (Phi) is 3.39. The standard InChI is InChI=1S/C16H16N2O2/c19-15-11-17(13-7-3-1-4-8-13)16(20)18(12-15)14-9-5-2-6-10-14/h1-10,15,19H,11-12H2. The Morgan fingerprint density at radius 2 is 1.20 bits per heavy atom. The van der Waals surface area contributed by atoms with Crippen LogP contribution in [-0.4, -0.2) is 30.3 Å². The molecule has 0 saturated carbocycles. The van der Waals surface area contributed by atoms with Crippen LogP contribution in [0.4, 0.5) is 16.2 Å². The van der Waals surface area contributed by atoms with Crippen molar-refractivity contribution in [3.8, 4) is 0 Å². The molecule has 1 fully saturated rings. The minimum Gasteiger partial charge on any atom is -0.389 e. The van der Waals surface area contributed by atoms with Crippen molar-refractivity contribution in [2.75, 3.05) is 22.9 Å². The highest BCUT2D eigenvalue weighted by atomic mass is 16.3. The van der Waals surface area contributed by atoms with E-state index < -0.39 is 6.10 Å². The van der Waals surface area contributed by atoms with Crippen LogP contribution in [0, 0.1) is 0 Å². The molecule has 2 amide bonds. The maximum Gasteiger partial charge on any atom is 0.329 e. The summed E-state index contributed by atoms with van der Waals surface area (Å²) in [7, 11) is 0. The summed E-state index contributed by atoms with van der Waals surface area (Å²) < 4.78 is 0. The van der Waals surface area contributed by atoms with Gasteiger partial charge < -0.3 is 5.11 Å². The summed E-state index contributed by atoms with van der Waals surface area (Å²) in [6.45, 7) is 0.651. The average molecular weight is 268 g/mol. The van der Waals surface area contributed by atoms with Crippen molar-refractivity contribution in [2.24, 2.45) is 0 Å². The number of hydrogen-bond donors (Lipinski definition) is 1. The highest BCUT2D eigenvalue weighted by Gasteiger charge is 2.32. The van der Waals surface area contributed by atoms with Crippen molar-refractivity contribution >= 4 is 17.4 Å². The number of aliphatic hydroxyl groups is 1. The van der Waals surface area contributed by atoms with E-state index in [1.807, 2.05) is 60.7 Å². The van der Waals surface area contributed by atoms with Crippen LogP contribution in [-0.2, 0) is 0 Å². The van der Waals surface area contributed by atoms with Crippen LogP contribution in [0.15, 0.2) is 60.7 Å². The second-order valence-electron chi connectivity index (χ2n) is 4.83. The van der Waals surface area contributed by atoms with E-state index in [2.05, 4.69) is 0 Å². The number of benzene rings is 2. The van der Waals surface area contributed by atoms with Gasteiger partial charge in [0.05, 0.1) is 19.2 Å². The molecule has 0 radical (unpaired) electrons. The Labute approximate surface area is 117 Å². The number of nitrogens with zero attached hydrogens (tertiary/aromatic N) is 2. The maximum atomic E-state index is 12.6. The summed E-state index contributed by atoms with van der Waals surface area (Å²) in [5, 5.41) is 10.1. The Morgan fingerprint density at radius 1 is 0.800 bits per heavy atom. The third kappa shape index (κ3) is 2.38. The van der Waals surface area contributed by atoms with Gasteiger partial charge in [-0.2, -0.15) is 0 Å². The minimum atomic E-state index is -0.562. The zero-order valence-electron chi connectivity index (χ0n) is 11.0. The molecule has 3 rings (SSSR count). The molecule has 0 aromatic heterocycles. The molecule has 2 aromatic rings. The van der Waals surface area contributed by atoms with E-state index >= 15 is 0 Å². The summed E-state index contributed by atoms with van der Waals surface area (Å²) in [5.41, 5.74) is 1.61. The lowest BCUT2D eigenvalue weighted by molar-refractivity contribution is 0.171. The van der Waals surface area contributed by atoms with Crippen molar-refractivity contribution in [2.45, 2.75) is 6.10 Å². The number of para-hydroxylation sites is 2. The number of anilines is 2. The predicted octanol–water partition coefficient (Wildman–Crippen LogP) is 2.49. The van der Waals surface area contributed by atoms with Gasteiger partial charge in [-0.15, -0.1) is 0 Å². The Bertz CT molecular complexity index is 534. The molecule has 1 heterocycles. The fraction of sp³-hybridized carbons (Fsp3) is 0.188. The smallest absolute Gasteiger partial charge is 0.329 e. The Morgan fingerprint density at radius 3 is 1.60 bits per heavy atom. The summed E-state index contributed by atoms with van der Waals surface area (Å²) in [5.74, 6) is 0. The molecule has 1 aliphatic rings. The monoisotopic (exact) mass is 268 g/mol. The normalized spacial score (nSPS) is 16.6. The largest absolute Gasteiger partial charge is 0.389 e. The SMILES string of the molecule is O=C1N(c2ccccc2)CC(O)CN1c1ccccc1. The van der Waals surface area contributed by atoms with E-state index in [1.165, 1.54) is 0 Å². The molecule has 2 aromatic carbocycles. The molecule has 4 heteroatoms. The second kappa shape index (κ2) is 5.35. The van der Waals surface area contributed by atoms with E-state index in [-0.39, 0.29) is 6.03 Å². The number of β-amino-alcohol motifs (C(OH)–C–C–N with tert-alkyl or cyclic N) is 1. The average Bonchev–Trinajstić information content (AvgIpc) is 2.51. The topological polar surface area (TPSA) is 43.8 Å². The van der Waals surface area contributed by atoms with Crippen LogP contribution in [0.2, 0.25) is 0 Å². The first-order valence-electron chi connectivity index (χ1n) is 6.63. The zero-order valence-corrected chi connectivity index (χ0v) is 11.0. The van der Waals surface area contributed by atoms with Gasteiger partial charge in [-0.3, -0.25) is 9.80 Å². The van der Waals surface area contributed by atoms with E-state index in [4.69, 9.17) is 0 Å². The molecule has 0 atom stereocenters. The van der Waals surface area contributed by atoms with Gasteiger partial charge in [-0.25, -0.2) is 4.79 Å². The molecule has 1 N–H and O–H groups in total. The number of carbonyl (C=O) groups excluding carboxylic acids is 1. The summed E-state index contributed by atoms with van der Waals surface area (Å²) in [6, 6.07) is 18.7. The summed E-state index contributed by atoms with van der Waals surface area (Å²) in [6.07, 6.45) is -0.562. The van der Waals surface area contributed by atoms with E-state index in [0.717, 1.165) is 11.4 Å².